The summed E-state index contributed by atoms with van der Waals surface area (Å²) in [4.78, 5) is 0. The minimum atomic E-state index is -2.86. The molecule has 1 aromatic rings. The van der Waals surface area contributed by atoms with Crippen LogP contribution in [0.5, 0.6) is 11.5 Å². The van der Waals surface area contributed by atoms with Gasteiger partial charge in [0, 0.05) is 19.2 Å². The second-order valence-electron chi connectivity index (χ2n) is 4.66. The molecule has 2 rings (SSSR count). The summed E-state index contributed by atoms with van der Waals surface area (Å²) in [6, 6.07) is 5.34. The lowest BCUT2D eigenvalue weighted by molar-refractivity contribution is -0.0512. The lowest BCUT2D eigenvalue weighted by atomic mass is 10.1. The van der Waals surface area contributed by atoms with Gasteiger partial charge in [0.05, 0.1) is 13.7 Å². The first kappa shape index (κ1) is 15.0. The van der Waals surface area contributed by atoms with E-state index in [4.69, 9.17) is 9.47 Å². The molecule has 1 saturated heterocycles. The number of nitrogens with one attached hydrogen (secondary N) is 1. The fourth-order valence-corrected chi connectivity index (χ4v) is 2.18. The zero-order valence-corrected chi connectivity index (χ0v) is 11.4. The molecule has 1 heterocycles. The van der Waals surface area contributed by atoms with Crippen molar-refractivity contribution >= 4 is 0 Å². The van der Waals surface area contributed by atoms with Gasteiger partial charge < -0.3 is 19.5 Å². The summed E-state index contributed by atoms with van der Waals surface area (Å²) in [5.74, 6) is 0.358. The zero-order chi connectivity index (χ0) is 14.4. The highest BCUT2D eigenvalue weighted by atomic mass is 19.3. The monoisotopic (exact) mass is 287 g/mol. The number of rotatable bonds is 6. The van der Waals surface area contributed by atoms with Gasteiger partial charge in [-0.2, -0.15) is 8.78 Å². The van der Waals surface area contributed by atoms with Crippen molar-refractivity contribution in [2.45, 2.75) is 32.0 Å². The molecule has 4 nitrogen and oxygen atoms in total. The molecule has 20 heavy (non-hydrogen) atoms. The minimum Gasteiger partial charge on any atom is -0.493 e. The largest absolute Gasteiger partial charge is 0.493 e. The third-order valence-corrected chi connectivity index (χ3v) is 3.20. The molecule has 1 aliphatic rings. The summed E-state index contributed by atoms with van der Waals surface area (Å²) in [5, 5.41) is 3.35. The van der Waals surface area contributed by atoms with Crippen LogP contribution in [0.25, 0.3) is 0 Å². The first-order valence-electron chi connectivity index (χ1n) is 6.62. The molecule has 0 radical (unpaired) electrons. The van der Waals surface area contributed by atoms with Crippen LogP contribution in [0, 0.1) is 0 Å². The number of alkyl halides is 2. The van der Waals surface area contributed by atoms with Gasteiger partial charge in [-0.3, -0.25) is 0 Å². The maximum Gasteiger partial charge on any atom is 0.387 e. The normalized spacial score (nSPS) is 19.1. The van der Waals surface area contributed by atoms with Crippen molar-refractivity contribution in [1.82, 2.24) is 5.32 Å². The van der Waals surface area contributed by atoms with Gasteiger partial charge in [0.1, 0.15) is 0 Å². The van der Waals surface area contributed by atoms with E-state index in [1.807, 2.05) is 6.07 Å². The van der Waals surface area contributed by atoms with Crippen molar-refractivity contribution in [2.75, 3.05) is 20.3 Å². The highest BCUT2D eigenvalue weighted by Crippen LogP contribution is 2.29. The SMILES string of the molecule is COc1ccc(CNC2CCCOC2)cc1OC(F)F. The predicted molar refractivity (Wildman–Crippen MR) is 70.3 cm³/mol. The van der Waals surface area contributed by atoms with Gasteiger partial charge in [-0.15, -0.1) is 0 Å². The molecule has 0 saturated carbocycles. The Morgan fingerprint density at radius 1 is 1.40 bits per heavy atom. The van der Waals surface area contributed by atoms with Crippen LogP contribution in [0.4, 0.5) is 8.78 Å². The molecule has 0 bridgehead atoms. The van der Waals surface area contributed by atoms with Gasteiger partial charge in [-0.1, -0.05) is 6.07 Å². The topological polar surface area (TPSA) is 39.7 Å². The van der Waals surface area contributed by atoms with Crippen molar-refractivity contribution < 1.29 is 23.0 Å². The van der Waals surface area contributed by atoms with Crippen LogP contribution in [0.3, 0.4) is 0 Å². The van der Waals surface area contributed by atoms with Gasteiger partial charge in [-0.05, 0) is 30.5 Å². The number of ether oxygens (including phenoxy) is 3. The number of methoxy groups -OCH3 is 1. The summed E-state index contributed by atoms with van der Waals surface area (Å²) in [7, 11) is 1.42. The number of halogens is 2. The molecule has 1 aromatic carbocycles. The Morgan fingerprint density at radius 3 is 2.90 bits per heavy atom. The molecule has 1 N–H and O–H groups in total. The fourth-order valence-electron chi connectivity index (χ4n) is 2.18. The van der Waals surface area contributed by atoms with E-state index < -0.39 is 6.61 Å². The maximum absolute atomic E-state index is 12.3. The second kappa shape index (κ2) is 7.40. The lowest BCUT2D eigenvalue weighted by Crippen LogP contribution is -2.36. The molecule has 0 aliphatic carbocycles. The average molecular weight is 287 g/mol. The van der Waals surface area contributed by atoms with E-state index in [-0.39, 0.29) is 5.75 Å². The Morgan fingerprint density at radius 2 is 2.25 bits per heavy atom. The minimum absolute atomic E-state index is 0.0571. The Labute approximate surface area is 117 Å². The molecular weight excluding hydrogens is 268 g/mol. The van der Waals surface area contributed by atoms with Crippen LogP contribution in [0.15, 0.2) is 18.2 Å². The van der Waals surface area contributed by atoms with Gasteiger partial charge in [0.25, 0.3) is 0 Å². The highest BCUT2D eigenvalue weighted by Gasteiger charge is 2.14. The van der Waals surface area contributed by atoms with Crippen LogP contribution < -0.4 is 14.8 Å². The summed E-state index contributed by atoms with van der Waals surface area (Å²) >= 11 is 0. The van der Waals surface area contributed by atoms with Gasteiger partial charge in [0.15, 0.2) is 11.5 Å². The van der Waals surface area contributed by atoms with E-state index in [9.17, 15) is 8.78 Å². The van der Waals surface area contributed by atoms with Crippen molar-refractivity contribution in [2.24, 2.45) is 0 Å². The average Bonchev–Trinajstić information content (AvgIpc) is 2.46. The molecule has 0 amide bonds. The first-order chi connectivity index (χ1) is 9.69. The van der Waals surface area contributed by atoms with Gasteiger partial charge >= 0.3 is 6.61 Å². The molecule has 0 spiro atoms. The molecule has 6 heteroatoms. The molecule has 0 aromatic heterocycles. The van der Waals surface area contributed by atoms with Gasteiger partial charge in [0.2, 0.25) is 0 Å². The van der Waals surface area contributed by atoms with E-state index in [0.29, 0.717) is 24.9 Å². The van der Waals surface area contributed by atoms with E-state index in [1.54, 1.807) is 12.1 Å². The van der Waals surface area contributed by atoms with Crippen LogP contribution in [0.1, 0.15) is 18.4 Å². The van der Waals surface area contributed by atoms with Crippen molar-refractivity contribution in [3.8, 4) is 11.5 Å². The van der Waals surface area contributed by atoms with E-state index in [1.165, 1.54) is 7.11 Å². The Kier molecular flexibility index (Phi) is 5.55. The summed E-state index contributed by atoms with van der Waals surface area (Å²) in [6.07, 6.45) is 2.11. The smallest absolute Gasteiger partial charge is 0.387 e. The standard InChI is InChI=1S/C14H19F2NO3/c1-18-12-5-4-10(7-13(12)20-14(15)16)8-17-11-3-2-6-19-9-11/h4-5,7,11,14,17H,2-3,6,8-9H2,1H3. The second-order valence-corrected chi connectivity index (χ2v) is 4.66. The maximum atomic E-state index is 12.3. The molecule has 1 fully saturated rings. The van der Waals surface area contributed by atoms with Crippen LogP contribution in [-0.2, 0) is 11.3 Å². The zero-order valence-electron chi connectivity index (χ0n) is 11.4. The predicted octanol–water partition coefficient (Wildman–Crippen LogP) is 2.57. The third-order valence-electron chi connectivity index (χ3n) is 3.20. The summed E-state index contributed by atoms with van der Waals surface area (Å²) in [6.45, 7) is -0.778. The highest BCUT2D eigenvalue weighted by molar-refractivity contribution is 5.43. The Bertz CT molecular complexity index is 423. The quantitative estimate of drug-likeness (QED) is 0.873. The number of hydrogen-bond donors (Lipinski definition) is 1. The third kappa shape index (κ3) is 4.31. The Balaban J connectivity index is 1.96. The summed E-state index contributed by atoms with van der Waals surface area (Å²) in [5.41, 5.74) is 0.868. The summed E-state index contributed by atoms with van der Waals surface area (Å²) < 4.78 is 39.5. The first-order valence-corrected chi connectivity index (χ1v) is 6.62. The van der Waals surface area contributed by atoms with Gasteiger partial charge in [-0.25, -0.2) is 0 Å². The fraction of sp³-hybridized carbons (Fsp3) is 0.571. The van der Waals surface area contributed by atoms with Crippen LogP contribution >= 0.6 is 0 Å². The lowest BCUT2D eigenvalue weighted by Gasteiger charge is -2.23. The van der Waals surface area contributed by atoms with Crippen molar-refractivity contribution in [3.63, 3.8) is 0 Å². The molecule has 112 valence electrons. The molecular formula is C14H19F2NO3. The Hall–Kier alpha value is -1.40. The molecule has 1 atom stereocenters. The number of benzene rings is 1. The van der Waals surface area contributed by atoms with E-state index in [2.05, 4.69) is 10.1 Å². The van der Waals surface area contributed by atoms with Crippen molar-refractivity contribution in [3.05, 3.63) is 23.8 Å². The van der Waals surface area contributed by atoms with E-state index in [0.717, 1.165) is 25.0 Å². The van der Waals surface area contributed by atoms with Crippen molar-refractivity contribution in [1.29, 1.82) is 0 Å². The van der Waals surface area contributed by atoms with E-state index >= 15 is 0 Å². The molecule has 1 unspecified atom stereocenters. The van der Waals surface area contributed by atoms with Crippen LogP contribution in [-0.4, -0.2) is 33.0 Å². The molecule has 1 aliphatic heterocycles. The number of hydrogen-bond acceptors (Lipinski definition) is 4. The van der Waals surface area contributed by atoms with Crippen LogP contribution in [0.2, 0.25) is 0 Å².